The fraction of sp³-hybridized carbons (Fsp3) is 0.562. The molecule has 1 fully saturated rings. The molecule has 0 aliphatic heterocycles. The molecule has 1 atom stereocenters. The van der Waals surface area contributed by atoms with Crippen molar-refractivity contribution < 1.29 is 0 Å². The zero-order valence-electron chi connectivity index (χ0n) is 12.4. The largest absolute Gasteiger partial charge is 0.337 e. The highest BCUT2D eigenvalue weighted by atomic mass is 15.3. The van der Waals surface area contributed by atoms with Gasteiger partial charge in [0.05, 0.1) is 17.9 Å². The summed E-state index contributed by atoms with van der Waals surface area (Å²) in [6.45, 7) is 2.25. The highest BCUT2D eigenvalue weighted by molar-refractivity contribution is 5.58. The first-order chi connectivity index (χ1) is 10.3. The number of nitrogens with zero attached hydrogens (tertiary/aromatic N) is 4. The molecular formula is C16H21N5. The Balaban J connectivity index is 1.56. The third-order valence-electron chi connectivity index (χ3n) is 4.71. The van der Waals surface area contributed by atoms with Crippen molar-refractivity contribution in [2.24, 2.45) is 5.92 Å². The van der Waals surface area contributed by atoms with E-state index < -0.39 is 0 Å². The summed E-state index contributed by atoms with van der Waals surface area (Å²) in [4.78, 5) is 8.84. The maximum absolute atomic E-state index is 4.50. The molecule has 21 heavy (non-hydrogen) atoms. The second-order valence-corrected chi connectivity index (χ2v) is 6.27. The third-order valence-corrected chi connectivity index (χ3v) is 4.71. The van der Waals surface area contributed by atoms with Crippen molar-refractivity contribution >= 4 is 11.5 Å². The molecule has 2 aliphatic carbocycles. The van der Waals surface area contributed by atoms with E-state index in [1.165, 1.54) is 36.9 Å². The van der Waals surface area contributed by atoms with Gasteiger partial charge in [0.1, 0.15) is 12.1 Å². The molecule has 0 bridgehead atoms. The normalized spacial score (nSPS) is 19.1. The lowest BCUT2D eigenvalue weighted by Gasteiger charge is -2.17. The van der Waals surface area contributed by atoms with Gasteiger partial charge >= 0.3 is 0 Å². The number of aryl methyl sites for hydroxylation is 1. The van der Waals surface area contributed by atoms with E-state index in [9.17, 15) is 0 Å². The Morgan fingerprint density at radius 1 is 1.24 bits per heavy atom. The number of nitrogens with one attached hydrogen (secondary N) is 1. The van der Waals surface area contributed by atoms with Crippen molar-refractivity contribution in [2.75, 3.05) is 5.32 Å². The van der Waals surface area contributed by atoms with Crippen LogP contribution in [0.3, 0.4) is 0 Å². The average molecular weight is 283 g/mol. The fourth-order valence-electron chi connectivity index (χ4n) is 3.19. The summed E-state index contributed by atoms with van der Waals surface area (Å²) in [5.74, 6) is 1.77. The van der Waals surface area contributed by atoms with Crippen molar-refractivity contribution in [3.05, 3.63) is 30.0 Å². The lowest BCUT2D eigenvalue weighted by atomic mass is 9.96. The van der Waals surface area contributed by atoms with Gasteiger partial charge in [0.25, 0.3) is 0 Å². The molecule has 1 saturated carbocycles. The van der Waals surface area contributed by atoms with Crippen molar-refractivity contribution in [3.8, 4) is 0 Å². The van der Waals surface area contributed by atoms with Gasteiger partial charge in [-0.15, -0.1) is 0 Å². The number of anilines is 2. The van der Waals surface area contributed by atoms with Crippen LogP contribution in [0.1, 0.15) is 49.9 Å². The Hall–Kier alpha value is -1.91. The van der Waals surface area contributed by atoms with E-state index in [2.05, 4.69) is 38.2 Å². The first-order valence-corrected chi connectivity index (χ1v) is 7.95. The molecule has 0 amide bonds. The molecule has 2 aromatic heterocycles. The summed E-state index contributed by atoms with van der Waals surface area (Å²) in [7, 11) is 0. The van der Waals surface area contributed by atoms with Gasteiger partial charge in [-0.05, 0) is 51.4 Å². The van der Waals surface area contributed by atoms with Crippen LogP contribution in [0.5, 0.6) is 0 Å². The Morgan fingerprint density at radius 3 is 2.95 bits per heavy atom. The van der Waals surface area contributed by atoms with E-state index >= 15 is 0 Å². The van der Waals surface area contributed by atoms with Gasteiger partial charge in [-0.2, -0.15) is 5.10 Å². The SMILES string of the molecule is CC(C1CC1)n1cc(Nc2ncnc3c2CCCC3)cn1. The molecule has 110 valence electrons. The highest BCUT2D eigenvalue weighted by Gasteiger charge is 2.29. The molecule has 5 heteroatoms. The molecule has 1 N–H and O–H groups in total. The first kappa shape index (κ1) is 12.8. The summed E-state index contributed by atoms with van der Waals surface area (Å²) < 4.78 is 2.08. The highest BCUT2D eigenvalue weighted by Crippen LogP contribution is 2.39. The van der Waals surface area contributed by atoms with E-state index in [0.717, 1.165) is 30.3 Å². The minimum absolute atomic E-state index is 0.500. The quantitative estimate of drug-likeness (QED) is 0.935. The van der Waals surface area contributed by atoms with E-state index in [-0.39, 0.29) is 0 Å². The van der Waals surface area contributed by atoms with Gasteiger partial charge in [-0.3, -0.25) is 4.68 Å². The van der Waals surface area contributed by atoms with Gasteiger partial charge < -0.3 is 5.32 Å². The van der Waals surface area contributed by atoms with Crippen molar-refractivity contribution in [2.45, 2.75) is 51.5 Å². The number of aromatic nitrogens is 4. The number of hydrogen-bond donors (Lipinski definition) is 1. The maximum Gasteiger partial charge on any atom is 0.137 e. The van der Waals surface area contributed by atoms with Gasteiger partial charge in [0.2, 0.25) is 0 Å². The minimum atomic E-state index is 0.500. The van der Waals surface area contributed by atoms with Crippen LogP contribution in [0, 0.1) is 5.92 Å². The second-order valence-electron chi connectivity index (χ2n) is 6.27. The van der Waals surface area contributed by atoms with Crippen LogP contribution in [0.4, 0.5) is 11.5 Å². The molecule has 2 heterocycles. The summed E-state index contributed by atoms with van der Waals surface area (Å²) >= 11 is 0. The van der Waals surface area contributed by atoms with E-state index in [1.807, 2.05) is 6.20 Å². The van der Waals surface area contributed by atoms with Crippen molar-refractivity contribution in [1.82, 2.24) is 19.7 Å². The van der Waals surface area contributed by atoms with E-state index in [0.29, 0.717) is 6.04 Å². The Bertz CT molecular complexity index is 644. The van der Waals surface area contributed by atoms with Gasteiger partial charge in [-0.1, -0.05) is 0 Å². The van der Waals surface area contributed by atoms with Crippen molar-refractivity contribution in [3.63, 3.8) is 0 Å². The van der Waals surface area contributed by atoms with Crippen LogP contribution in [0.2, 0.25) is 0 Å². The van der Waals surface area contributed by atoms with Crippen LogP contribution < -0.4 is 5.32 Å². The van der Waals surface area contributed by atoms with Gasteiger partial charge in [-0.25, -0.2) is 9.97 Å². The number of rotatable bonds is 4. The molecule has 2 aromatic rings. The second kappa shape index (κ2) is 5.13. The smallest absolute Gasteiger partial charge is 0.137 e. The molecule has 0 saturated heterocycles. The maximum atomic E-state index is 4.50. The summed E-state index contributed by atoms with van der Waals surface area (Å²) in [5, 5.41) is 7.93. The number of fused-ring (bicyclic) bond motifs is 1. The van der Waals surface area contributed by atoms with Crippen LogP contribution in [0.25, 0.3) is 0 Å². The summed E-state index contributed by atoms with van der Waals surface area (Å²) in [6.07, 6.45) is 13.0. The molecule has 5 nitrogen and oxygen atoms in total. The molecule has 0 aromatic carbocycles. The molecule has 4 rings (SSSR count). The third kappa shape index (κ3) is 2.52. The topological polar surface area (TPSA) is 55.6 Å². The molecular weight excluding hydrogens is 262 g/mol. The minimum Gasteiger partial charge on any atom is -0.337 e. The predicted molar refractivity (Wildman–Crippen MR) is 81.6 cm³/mol. The van der Waals surface area contributed by atoms with Crippen LogP contribution in [-0.4, -0.2) is 19.7 Å². The number of hydrogen-bond acceptors (Lipinski definition) is 4. The zero-order chi connectivity index (χ0) is 14.2. The van der Waals surface area contributed by atoms with Crippen molar-refractivity contribution in [1.29, 1.82) is 0 Å². The molecule has 0 radical (unpaired) electrons. The van der Waals surface area contributed by atoms with Gasteiger partial charge in [0, 0.05) is 17.5 Å². The Labute approximate surface area is 124 Å². The average Bonchev–Trinajstić information content (AvgIpc) is 3.27. The van der Waals surface area contributed by atoms with Crippen LogP contribution in [-0.2, 0) is 12.8 Å². The molecule has 2 aliphatic rings. The lowest BCUT2D eigenvalue weighted by Crippen LogP contribution is -2.10. The van der Waals surface area contributed by atoms with Gasteiger partial charge in [0.15, 0.2) is 0 Å². The summed E-state index contributed by atoms with van der Waals surface area (Å²) in [6, 6.07) is 0.500. The van der Waals surface area contributed by atoms with E-state index in [1.54, 1.807) is 6.33 Å². The monoisotopic (exact) mass is 283 g/mol. The molecule has 1 unspecified atom stereocenters. The van der Waals surface area contributed by atoms with Crippen LogP contribution >= 0.6 is 0 Å². The van der Waals surface area contributed by atoms with Crippen LogP contribution in [0.15, 0.2) is 18.7 Å². The predicted octanol–water partition coefficient (Wildman–Crippen LogP) is 3.27. The Morgan fingerprint density at radius 2 is 2.10 bits per heavy atom. The van der Waals surface area contributed by atoms with E-state index in [4.69, 9.17) is 0 Å². The molecule has 0 spiro atoms. The standard InChI is InChI=1S/C16H21N5/c1-11(12-6-7-12)21-9-13(8-19-21)20-16-14-4-2-3-5-15(14)17-10-18-16/h8-12H,2-7H2,1H3,(H,17,18,20). The lowest BCUT2D eigenvalue weighted by molar-refractivity contribution is 0.440. The Kier molecular flexibility index (Phi) is 3.13. The summed E-state index contributed by atoms with van der Waals surface area (Å²) in [5.41, 5.74) is 3.51. The fourth-order valence-corrected chi connectivity index (χ4v) is 3.19. The first-order valence-electron chi connectivity index (χ1n) is 7.95. The zero-order valence-corrected chi connectivity index (χ0v) is 12.4.